The standard InChI is InChI=1S/C16H18F3N5O/c1-9(2)13(15(25)20-3)23-12-7-11(16(17,18)19)22-14(24-12)10-5-4-6-21-8-10/h4-9,13H,1-3H3,(H,20,25)(H,22,23,24). The summed E-state index contributed by atoms with van der Waals surface area (Å²) < 4.78 is 39.5. The van der Waals surface area contributed by atoms with E-state index in [1.165, 1.54) is 19.4 Å². The highest BCUT2D eigenvalue weighted by Crippen LogP contribution is 2.31. The molecule has 6 nitrogen and oxygen atoms in total. The Balaban J connectivity index is 2.48. The second-order valence-electron chi connectivity index (χ2n) is 5.68. The molecular formula is C16H18F3N5O. The number of carbonyl (C=O) groups is 1. The summed E-state index contributed by atoms with van der Waals surface area (Å²) in [6, 6.07) is 3.19. The van der Waals surface area contributed by atoms with Crippen LogP contribution in [0.5, 0.6) is 0 Å². The maximum atomic E-state index is 13.2. The molecule has 134 valence electrons. The smallest absolute Gasteiger partial charge is 0.358 e. The van der Waals surface area contributed by atoms with Gasteiger partial charge in [-0.25, -0.2) is 9.97 Å². The number of aromatic nitrogens is 3. The number of rotatable bonds is 5. The maximum Gasteiger partial charge on any atom is 0.433 e. The van der Waals surface area contributed by atoms with Crippen LogP contribution >= 0.6 is 0 Å². The van der Waals surface area contributed by atoms with Crippen LogP contribution in [-0.4, -0.2) is 33.9 Å². The fourth-order valence-corrected chi connectivity index (χ4v) is 2.14. The molecule has 0 aliphatic carbocycles. The Hall–Kier alpha value is -2.71. The number of hydrogen-bond acceptors (Lipinski definition) is 5. The summed E-state index contributed by atoms with van der Waals surface area (Å²) in [5.74, 6) is -0.704. The zero-order valence-electron chi connectivity index (χ0n) is 13.9. The van der Waals surface area contributed by atoms with Crippen molar-refractivity contribution < 1.29 is 18.0 Å². The van der Waals surface area contributed by atoms with E-state index in [2.05, 4.69) is 25.6 Å². The minimum Gasteiger partial charge on any atom is -0.358 e. The molecule has 0 radical (unpaired) electrons. The van der Waals surface area contributed by atoms with E-state index < -0.39 is 17.9 Å². The molecule has 25 heavy (non-hydrogen) atoms. The number of likely N-dealkylation sites (N-methyl/N-ethyl adjacent to an activating group) is 1. The molecule has 9 heteroatoms. The Bertz CT molecular complexity index is 734. The zero-order chi connectivity index (χ0) is 18.6. The van der Waals surface area contributed by atoms with Crippen LogP contribution in [0.1, 0.15) is 19.5 Å². The SMILES string of the molecule is CNC(=O)C(Nc1cc(C(F)(F)F)nc(-c2cccnc2)n1)C(C)C. The van der Waals surface area contributed by atoms with Gasteiger partial charge in [0.1, 0.15) is 11.9 Å². The number of pyridine rings is 1. The third-order valence-electron chi connectivity index (χ3n) is 3.44. The highest BCUT2D eigenvalue weighted by atomic mass is 19.4. The van der Waals surface area contributed by atoms with Gasteiger partial charge in [0.05, 0.1) is 0 Å². The van der Waals surface area contributed by atoms with Gasteiger partial charge in [0, 0.05) is 31.1 Å². The lowest BCUT2D eigenvalue weighted by molar-refractivity contribution is -0.141. The molecule has 0 spiro atoms. The molecule has 0 aliphatic heterocycles. The lowest BCUT2D eigenvalue weighted by Crippen LogP contribution is -2.41. The van der Waals surface area contributed by atoms with Crippen molar-refractivity contribution in [3.63, 3.8) is 0 Å². The van der Waals surface area contributed by atoms with Crippen molar-refractivity contribution in [2.75, 3.05) is 12.4 Å². The van der Waals surface area contributed by atoms with E-state index in [0.29, 0.717) is 5.56 Å². The summed E-state index contributed by atoms with van der Waals surface area (Å²) in [5, 5.41) is 5.25. The second-order valence-corrected chi connectivity index (χ2v) is 5.68. The monoisotopic (exact) mass is 353 g/mol. The first-order valence-corrected chi connectivity index (χ1v) is 7.57. The van der Waals surface area contributed by atoms with E-state index in [-0.39, 0.29) is 23.5 Å². The number of nitrogens with one attached hydrogen (secondary N) is 2. The van der Waals surface area contributed by atoms with Crippen molar-refractivity contribution in [2.24, 2.45) is 5.92 Å². The van der Waals surface area contributed by atoms with Crippen LogP contribution < -0.4 is 10.6 Å². The molecule has 2 aromatic rings. The van der Waals surface area contributed by atoms with Crippen LogP contribution in [0.3, 0.4) is 0 Å². The summed E-state index contributed by atoms with van der Waals surface area (Å²) >= 11 is 0. The molecule has 2 heterocycles. The molecule has 0 fully saturated rings. The van der Waals surface area contributed by atoms with Gasteiger partial charge in [0.2, 0.25) is 5.91 Å². The van der Waals surface area contributed by atoms with Crippen molar-refractivity contribution in [1.82, 2.24) is 20.3 Å². The minimum atomic E-state index is -4.64. The molecule has 0 saturated heterocycles. The van der Waals surface area contributed by atoms with Crippen molar-refractivity contribution >= 4 is 11.7 Å². The molecule has 2 rings (SSSR count). The Kier molecular flexibility index (Phi) is 5.55. The average molecular weight is 353 g/mol. The molecule has 0 saturated carbocycles. The average Bonchev–Trinajstić information content (AvgIpc) is 2.58. The van der Waals surface area contributed by atoms with Crippen LogP contribution in [0, 0.1) is 5.92 Å². The molecule has 0 bridgehead atoms. The lowest BCUT2D eigenvalue weighted by Gasteiger charge is -2.22. The first-order chi connectivity index (χ1) is 11.7. The molecule has 0 aliphatic rings. The molecule has 1 atom stereocenters. The molecule has 2 N–H and O–H groups in total. The van der Waals surface area contributed by atoms with Gasteiger partial charge < -0.3 is 10.6 Å². The normalized spacial score (nSPS) is 12.8. The highest BCUT2D eigenvalue weighted by molar-refractivity contribution is 5.84. The van der Waals surface area contributed by atoms with Gasteiger partial charge in [-0.1, -0.05) is 13.8 Å². The van der Waals surface area contributed by atoms with Gasteiger partial charge in [0.15, 0.2) is 11.5 Å². The van der Waals surface area contributed by atoms with Crippen LogP contribution in [0.2, 0.25) is 0 Å². The highest BCUT2D eigenvalue weighted by Gasteiger charge is 2.34. The predicted molar refractivity (Wildman–Crippen MR) is 86.6 cm³/mol. The third kappa shape index (κ3) is 4.65. The summed E-state index contributed by atoms with van der Waals surface area (Å²) in [7, 11) is 1.46. The van der Waals surface area contributed by atoms with Crippen LogP contribution in [0.4, 0.5) is 19.0 Å². The Morgan fingerprint density at radius 2 is 1.96 bits per heavy atom. The van der Waals surface area contributed by atoms with Gasteiger partial charge in [-0.15, -0.1) is 0 Å². The summed E-state index contributed by atoms with van der Waals surface area (Å²) in [5.41, 5.74) is -0.749. The van der Waals surface area contributed by atoms with Crippen molar-refractivity contribution in [2.45, 2.75) is 26.1 Å². The number of alkyl halides is 3. The van der Waals surface area contributed by atoms with E-state index in [9.17, 15) is 18.0 Å². The van der Waals surface area contributed by atoms with Crippen LogP contribution in [0.15, 0.2) is 30.6 Å². The molecule has 1 amide bonds. The second kappa shape index (κ2) is 7.45. The molecule has 1 unspecified atom stereocenters. The Morgan fingerprint density at radius 1 is 1.24 bits per heavy atom. The minimum absolute atomic E-state index is 0.0801. The number of carbonyl (C=O) groups excluding carboxylic acids is 1. The quantitative estimate of drug-likeness (QED) is 0.864. The van der Waals surface area contributed by atoms with E-state index >= 15 is 0 Å². The van der Waals surface area contributed by atoms with Gasteiger partial charge in [-0.2, -0.15) is 13.2 Å². The summed E-state index contributed by atoms with van der Waals surface area (Å²) in [6.07, 6.45) is -1.77. The summed E-state index contributed by atoms with van der Waals surface area (Å²) in [6.45, 7) is 3.56. The number of hydrogen-bond donors (Lipinski definition) is 2. The van der Waals surface area contributed by atoms with E-state index in [4.69, 9.17) is 0 Å². The molecular weight excluding hydrogens is 335 g/mol. The van der Waals surface area contributed by atoms with E-state index in [0.717, 1.165) is 6.07 Å². The van der Waals surface area contributed by atoms with Gasteiger partial charge >= 0.3 is 6.18 Å². The molecule has 0 aromatic carbocycles. The Labute approximate surface area is 142 Å². The van der Waals surface area contributed by atoms with Crippen molar-refractivity contribution in [3.05, 3.63) is 36.3 Å². The Morgan fingerprint density at radius 3 is 2.48 bits per heavy atom. The van der Waals surface area contributed by atoms with E-state index in [1.54, 1.807) is 26.0 Å². The van der Waals surface area contributed by atoms with Gasteiger partial charge in [-0.05, 0) is 18.1 Å². The maximum absolute atomic E-state index is 13.2. The summed E-state index contributed by atoms with van der Waals surface area (Å²) in [4.78, 5) is 23.5. The lowest BCUT2D eigenvalue weighted by atomic mass is 10.0. The molecule has 2 aromatic heterocycles. The van der Waals surface area contributed by atoms with Crippen LogP contribution in [0.25, 0.3) is 11.4 Å². The number of halogens is 3. The predicted octanol–water partition coefficient (Wildman–Crippen LogP) is 2.74. The van der Waals surface area contributed by atoms with Crippen molar-refractivity contribution in [3.8, 4) is 11.4 Å². The third-order valence-corrected chi connectivity index (χ3v) is 3.44. The topological polar surface area (TPSA) is 79.8 Å². The number of amides is 1. The fraction of sp³-hybridized carbons (Fsp3) is 0.375. The van der Waals surface area contributed by atoms with Gasteiger partial charge in [0.25, 0.3) is 0 Å². The number of nitrogens with zero attached hydrogens (tertiary/aromatic N) is 3. The number of anilines is 1. The fourth-order valence-electron chi connectivity index (χ4n) is 2.14. The van der Waals surface area contributed by atoms with Gasteiger partial charge in [-0.3, -0.25) is 9.78 Å². The first kappa shape index (κ1) is 18.6. The largest absolute Gasteiger partial charge is 0.433 e. The van der Waals surface area contributed by atoms with Crippen LogP contribution in [-0.2, 0) is 11.0 Å². The zero-order valence-corrected chi connectivity index (χ0v) is 13.9. The van der Waals surface area contributed by atoms with Crippen molar-refractivity contribution in [1.29, 1.82) is 0 Å². The van der Waals surface area contributed by atoms with E-state index in [1.807, 2.05) is 0 Å². The first-order valence-electron chi connectivity index (χ1n) is 7.57.